The van der Waals surface area contributed by atoms with Crippen molar-refractivity contribution in [1.82, 2.24) is 9.97 Å². The van der Waals surface area contributed by atoms with Crippen LogP contribution in [0.3, 0.4) is 0 Å². The van der Waals surface area contributed by atoms with Crippen LogP contribution in [-0.2, 0) is 19.0 Å². The fourth-order valence-electron chi connectivity index (χ4n) is 6.10. The van der Waals surface area contributed by atoms with Crippen LogP contribution in [0.15, 0.2) is 95.3 Å². The van der Waals surface area contributed by atoms with Crippen molar-refractivity contribution in [3.8, 4) is 5.75 Å². The van der Waals surface area contributed by atoms with Gasteiger partial charge in [0, 0.05) is 68.8 Å². The molecule has 11 heteroatoms. The Morgan fingerprint density at radius 3 is 1.38 bits per heavy atom. The largest absolute Gasteiger partial charge is 0.495 e. The molecule has 4 aromatic rings. The number of ether oxygens (including phenoxy) is 1. The Balaban J connectivity index is 0.000000225. The predicted molar refractivity (Wildman–Crippen MR) is 188 cm³/mol. The molecule has 2 aliphatic carbocycles. The summed E-state index contributed by atoms with van der Waals surface area (Å²) in [5, 5.41) is 0. The number of carbonyl (C=O) groups is 4. The molecule has 0 bridgehead atoms. The highest BCUT2D eigenvalue weighted by Gasteiger charge is 2.36. The molecule has 0 aliphatic heterocycles. The van der Waals surface area contributed by atoms with Gasteiger partial charge in [-0.15, -0.1) is 0 Å². The highest BCUT2D eigenvalue weighted by atomic mass is 19.4. The summed E-state index contributed by atoms with van der Waals surface area (Å²) < 4.78 is 57.8. The van der Waals surface area contributed by atoms with E-state index >= 15 is 0 Å². The van der Waals surface area contributed by atoms with Crippen LogP contribution in [0.4, 0.5) is 17.6 Å². The van der Waals surface area contributed by atoms with Crippen molar-refractivity contribution in [2.24, 2.45) is 0 Å². The first-order valence-corrected chi connectivity index (χ1v) is 16.8. The maximum Gasteiger partial charge on any atom is 0.420 e. The van der Waals surface area contributed by atoms with Gasteiger partial charge >= 0.3 is 6.18 Å². The standard InChI is InChI=1S/C20H16F3NO3.C19H16FNO2.C2H6/c1-3-12-15(19(26)14-7-5-4-6-13(14)18(12)25)8-11-9-16(20(21,22)23)17(27-2)10-24-11;1-3-13-16(9-12-8-11(2)17(20)10-21-12)19(23)15-7-5-4-6-14(15)18(13)22;1-2/h4-7,9-10H,3,8H2,1-2H3;4-8,10H,3,9H2,1-2H3;1-2H3. The van der Waals surface area contributed by atoms with Gasteiger partial charge < -0.3 is 4.74 Å². The van der Waals surface area contributed by atoms with Gasteiger partial charge in [-0.2, -0.15) is 13.2 Å². The highest BCUT2D eigenvalue weighted by Crippen LogP contribution is 2.37. The molecule has 0 saturated carbocycles. The SMILES string of the molecule is CC.CCC1=C(Cc2cc(C(F)(F)F)c(OC)cn2)C(=O)c2ccccc2C1=O.CCC1=C(Cc2cc(C)c(F)cn2)C(=O)c2ccccc2C1=O. The number of fused-ring (bicyclic) bond motifs is 2. The molecule has 2 aromatic carbocycles. The number of halogens is 4. The van der Waals surface area contributed by atoms with Crippen LogP contribution in [-0.4, -0.2) is 40.2 Å². The normalized spacial score (nSPS) is 13.9. The Morgan fingerprint density at radius 2 is 1.02 bits per heavy atom. The van der Waals surface area contributed by atoms with Gasteiger partial charge in [0.25, 0.3) is 0 Å². The van der Waals surface area contributed by atoms with Crippen LogP contribution in [0.2, 0.25) is 0 Å². The first kappa shape index (κ1) is 39.2. The summed E-state index contributed by atoms with van der Waals surface area (Å²) in [6.07, 6.45) is -1.62. The number of allylic oxidation sites excluding steroid dienone is 4. The van der Waals surface area contributed by atoms with E-state index in [0.29, 0.717) is 57.5 Å². The Morgan fingerprint density at radius 1 is 0.635 bits per heavy atom. The lowest BCUT2D eigenvalue weighted by Crippen LogP contribution is -2.23. The third-order valence-electron chi connectivity index (χ3n) is 8.63. The summed E-state index contributed by atoms with van der Waals surface area (Å²) >= 11 is 0. The van der Waals surface area contributed by atoms with Crippen LogP contribution >= 0.6 is 0 Å². The second-order valence-electron chi connectivity index (χ2n) is 11.7. The van der Waals surface area contributed by atoms with E-state index in [1.54, 1.807) is 68.4 Å². The first-order valence-electron chi connectivity index (χ1n) is 16.8. The molecular formula is C41H38F4N2O5. The van der Waals surface area contributed by atoms with Crippen molar-refractivity contribution < 1.29 is 41.5 Å². The number of nitrogens with zero attached hydrogens (tertiary/aromatic N) is 2. The number of pyridine rings is 2. The fourth-order valence-corrected chi connectivity index (χ4v) is 6.10. The molecule has 0 unspecified atom stereocenters. The summed E-state index contributed by atoms with van der Waals surface area (Å²) in [4.78, 5) is 59.0. The number of rotatable bonds is 7. The van der Waals surface area contributed by atoms with Crippen LogP contribution in [0, 0.1) is 12.7 Å². The lowest BCUT2D eigenvalue weighted by atomic mass is 9.81. The van der Waals surface area contributed by atoms with E-state index in [9.17, 15) is 36.7 Å². The highest BCUT2D eigenvalue weighted by molar-refractivity contribution is 6.27. The molecule has 52 heavy (non-hydrogen) atoms. The van der Waals surface area contributed by atoms with Crippen LogP contribution < -0.4 is 4.74 Å². The van der Waals surface area contributed by atoms with E-state index in [4.69, 9.17) is 4.74 Å². The van der Waals surface area contributed by atoms with E-state index in [-0.39, 0.29) is 58.6 Å². The number of aromatic nitrogens is 2. The molecule has 0 fully saturated rings. The monoisotopic (exact) mass is 714 g/mol. The van der Waals surface area contributed by atoms with Gasteiger partial charge in [-0.3, -0.25) is 29.1 Å². The zero-order valence-electron chi connectivity index (χ0n) is 29.7. The smallest absolute Gasteiger partial charge is 0.420 e. The molecule has 0 amide bonds. The van der Waals surface area contributed by atoms with E-state index in [1.807, 2.05) is 20.8 Å². The lowest BCUT2D eigenvalue weighted by molar-refractivity contribution is -0.138. The van der Waals surface area contributed by atoms with Crippen LogP contribution in [0.25, 0.3) is 0 Å². The number of hydrogen-bond acceptors (Lipinski definition) is 7. The second-order valence-corrected chi connectivity index (χ2v) is 11.7. The second kappa shape index (κ2) is 16.6. The maximum atomic E-state index is 13.4. The van der Waals surface area contributed by atoms with E-state index in [2.05, 4.69) is 9.97 Å². The average Bonchev–Trinajstić information content (AvgIpc) is 3.15. The van der Waals surface area contributed by atoms with Gasteiger partial charge in [0.1, 0.15) is 17.1 Å². The Hall–Kier alpha value is -5.58. The van der Waals surface area contributed by atoms with Gasteiger partial charge in [0.15, 0.2) is 23.1 Å². The quantitative estimate of drug-likeness (QED) is 0.176. The molecule has 7 nitrogen and oxygen atoms in total. The van der Waals surface area contributed by atoms with E-state index < -0.39 is 17.5 Å². The van der Waals surface area contributed by atoms with Crippen LogP contribution in [0.1, 0.15) is 104 Å². The number of alkyl halides is 3. The predicted octanol–water partition coefficient (Wildman–Crippen LogP) is 9.32. The average molecular weight is 715 g/mol. The van der Waals surface area contributed by atoms with Crippen LogP contribution in [0.5, 0.6) is 5.75 Å². The number of hydrogen-bond donors (Lipinski definition) is 0. The number of carbonyl (C=O) groups excluding carboxylic acids is 4. The summed E-state index contributed by atoms with van der Waals surface area (Å²) in [7, 11) is 1.13. The summed E-state index contributed by atoms with van der Waals surface area (Å²) in [6.45, 7) is 9.24. The van der Waals surface area contributed by atoms with Crippen molar-refractivity contribution in [3.63, 3.8) is 0 Å². The van der Waals surface area contributed by atoms with E-state index in [0.717, 1.165) is 25.6 Å². The zero-order valence-corrected chi connectivity index (χ0v) is 29.7. The third-order valence-corrected chi connectivity index (χ3v) is 8.63. The fraction of sp³-hybridized carbons (Fsp3) is 0.268. The van der Waals surface area contributed by atoms with Gasteiger partial charge in [0.2, 0.25) is 0 Å². The van der Waals surface area contributed by atoms with Gasteiger partial charge in [-0.1, -0.05) is 76.2 Å². The van der Waals surface area contributed by atoms with Crippen molar-refractivity contribution >= 4 is 23.1 Å². The lowest BCUT2D eigenvalue weighted by Gasteiger charge is -2.20. The molecule has 270 valence electrons. The molecule has 2 aromatic heterocycles. The summed E-state index contributed by atoms with van der Waals surface area (Å²) in [5.41, 5.74) is 3.11. The Labute approximate surface area is 299 Å². The van der Waals surface area contributed by atoms with Crippen molar-refractivity contribution in [2.45, 2.75) is 66.5 Å². The number of benzene rings is 2. The van der Waals surface area contributed by atoms with Crippen molar-refractivity contribution in [3.05, 3.63) is 146 Å². The minimum Gasteiger partial charge on any atom is -0.495 e. The Bertz CT molecular complexity index is 2110. The third kappa shape index (κ3) is 7.98. The number of aryl methyl sites for hydroxylation is 1. The zero-order chi connectivity index (χ0) is 38.3. The van der Waals surface area contributed by atoms with Gasteiger partial charge in [-0.25, -0.2) is 4.39 Å². The first-order chi connectivity index (χ1) is 24.8. The van der Waals surface area contributed by atoms with Gasteiger partial charge in [-0.05, 0) is 37.5 Å². The number of Topliss-reactive ketones (excluding diaryl/α,β-unsaturated/α-hetero) is 4. The van der Waals surface area contributed by atoms with Gasteiger partial charge in [0.05, 0.1) is 19.5 Å². The minimum absolute atomic E-state index is 0.0459. The summed E-state index contributed by atoms with van der Waals surface area (Å²) in [5.74, 6) is -1.64. The number of ketones is 4. The summed E-state index contributed by atoms with van der Waals surface area (Å²) in [6, 6.07) is 15.8. The van der Waals surface area contributed by atoms with E-state index in [1.165, 1.54) is 0 Å². The topological polar surface area (TPSA) is 103 Å². The number of methoxy groups -OCH3 is 1. The molecule has 0 atom stereocenters. The minimum atomic E-state index is -4.62. The Kier molecular flexibility index (Phi) is 12.5. The maximum absolute atomic E-state index is 13.4. The molecule has 0 saturated heterocycles. The molecule has 6 rings (SSSR count). The molecule has 0 spiro atoms. The molecule has 0 radical (unpaired) electrons. The molecule has 0 N–H and O–H groups in total. The van der Waals surface area contributed by atoms with Crippen molar-refractivity contribution in [2.75, 3.05) is 7.11 Å². The van der Waals surface area contributed by atoms with Crippen molar-refractivity contribution in [1.29, 1.82) is 0 Å². The molecule has 2 heterocycles. The molecule has 2 aliphatic rings. The molecular weight excluding hydrogens is 676 g/mol.